The second-order valence-electron chi connectivity index (χ2n) is 10.9. The number of ether oxygens (including phenoxy) is 2. The van der Waals surface area contributed by atoms with Gasteiger partial charge in [-0.25, -0.2) is 14.0 Å². The van der Waals surface area contributed by atoms with Gasteiger partial charge in [-0.15, -0.1) is 0 Å². The molecule has 0 unspecified atom stereocenters. The van der Waals surface area contributed by atoms with Gasteiger partial charge in [0.15, 0.2) is 11.8 Å². The third-order valence-electron chi connectivity index (χ3n) is 7.02. The zero-order valence-corrected chi connectivity index (χ0v) is 25.3. The van der Waals surface area contributed by atoms with Gasteiger partial charge in [0.1, 0.15) is 17.6 Å². The number of aromatic nitrogens is 1. The van der Waals surface area contributed by atoms with Crippen LogP contribution in [0.3, 0.4) is 0 Å². The highest BCUT2D eigenvalue weighted by Crippen LogP contribution is 2.19. The lowest BCUT2D eigenvalue weighted by Gasteiger charge is -2.25. The highest BCUT2D eigenvalue weighted by atomic mass is 19.1. The molecule has 1 aromatic carbocycles. The van der Waals surface area contributed by atoms with Gasteiger partial charge in [0, 0.05) is 37.1 Å². The van der Waals surface area contributed by atoms with E-state index in [-0.39, 0.29) is 30.5 Å². The zero-order chi connectivity index (χ0) is 32.2. The van der Waals surface area contributed by atoms with Crippen LogP contribution in [0.15, 0.2) is 47.0 Å². The van der Waals surface area contributed by atoms with E-state index in [1.54, 1.807) is 27.7 Å². The molecule has 1 saturated heterocycles. The van der Waals surface area contributed by atoms with Crippen molar-refractivity contribution < 1.29 is 42.4 Å². The Labute approximate surface area is 255 Å². The van der Waals surface area contributed by atoms with Gasteiger partial charge < -0.3 is 29.9 Å². The smallest absolute Gasteiger partial charge is 0.330 e. The van der Waals surface area contributed by atoms with Gasteiger partial charge in [0.25, 0.3) is 11.8 Å². The van der Waals surface area contributed by atoms with Crippen LogP contribution in [0, 0.1) is 24.6 Å². The molecule has 3 N–H and O–H groups in total. The molecule has 2 heterocycles. The van der Waals surface area contributed by atoms with Crippen LogP contribution in [-0.2, 0) is 35.1 Å². The van der Waals surface area contributed by atoms with Crippen LogP contribution in [0.25, 0.3) is 0 Å². The second-order valence-corrected chi connectivity index (χ2v) is 10.9. The number of nitrogens with one attached hydrogen (secondary N) is 3. The summed E-state index contributed by atoms with van der Waals surface area (Å²) in [4.78, 5) is 63.8. The standard InChI is InChI=1S/C31H39FN4O8/c1-5-42-26(37)13-12-23(11-8-21-14-15-33-28(21)38)34-30(40)25(17-20-6-9-22(32)10-7-20)43-31(41)27(18(2)3)35-29(39)24-16-19(4)44-36-24/h6-7,9-10,12-13,16,18,21,23,25,27H,5,8,11,14-15,17H2,1-4H3,(H,33,38)(H,34,40)(H,35,39)/b13-12+/t21-,23+,25+,27+/m1/s1. The maximum absolute atomic E-state index is 13.6. The van der Waals surface area contributed by atoms with Crippen molar-refractivity contribution in [1.82, 2.24) is 21.1 Å². The Bertz CT molecular complexity index is 1340. The topological polar surface area (TPSA) is 166 Å². The van der Waals surface area contributed by atoms with Crippen molar-refractivity contribution in [1.29, 1.82) is 0 Å². The van der Waals surface area contributed by atoms with Crippen LogP contribution in [0.5, 0.6) is 0 Å². The Morgan fingerprint density at radius 2 is 1.91 bits per heavy atom. The fourth-order valence-corrected chi connectivity index (χ4v) is 4.60. The maximum atomic E-state index is 13.6. The third kappa shape index (κ3) is 10.3. The molecule has 0 saturated carbocycles. The first-order chi connectivity index (χ1) is 21.0. The van der Waals surface area contributed by atoms with Crippen molar-refractivity contribution in [2.45, 2.75) is 71.6 Å². The monoisotopic (exact) mass is 614 g/mol. The van der Waals surface area contributed by atoms with Gasteiger partial charge in [0.2, 0.25) is 5.91 Å². The summed E-state index contributed by atoms with van der Waals surface area (Å²) >= 11 is 0. The van der Waals surface area contributed by atoms with E-state index in [4.69, 9.17) is 14.0 Å². The van der Waals surface area contributed by atoms with Crippen molar-refractivity contribution in [3.05, 3.63) is 65.3 Å². The summed E-state index contributed by atoms with van der Waals surface area (Å²) in [6, 6.07) is 4.96. The van der Waals surface area contributed by atoms with E-state index < -0.39 is 53.7 Å². The van der Waals surface area contributed by atoms with E-state index in [2.05, 4.69) is 21.1 Å². The molecule has 0 spiro atoms. The summed E-state index contributed by atoms with van der Waals surface area (Å²) in [7, 11) is 0. The number of benzene rings is 1. The Morgan fingerprint density at radius 3 is 2.50 bits per heavy atom. The number of nitrogens with zero attached hydrogens (tertiary/aromatic N) is 1. The molecule has 0 radical (unpaired) electrons. The normalized spacial score (nSPS) is 16.7. The minimum absolute atomic E-state index is 0.0197. The molecule has 3 amide bonds. The molecule has 13 heteroatoms. The Balaban J connectivity index is 1.80. The van der Waals surface area contributed by atoms with Gasteiger partial charge >= 0.3 is 11.9 Å². The number of amides is 3. The van der Waals surface area contributed by atoms with Crippen LogP contribution < -0.4 is 16.0 Å². The SMILES string of the molecule is CCOC(=O)/C=C/[C@H](CC[C@@H]1CCNC1=O)NC(=O)[C@H](Cc1ccc(F)cc1)OC(=O)[C@@H](NC(=O)c1cc(C)on1)C(C)C. The Hall–Kier alpha value is -4.55. The highest BCUT2D eigenvalue weighted by molar-refractivity contribution is 5.95. The van der Waals surface area contributed by atoms with Crippen molar-refractivity contribution in [2.24, 2.45) is 11.8 Å². The van der Waals surface area contributed by atoms with Crippen LogP contribution in [0.1, 0.15) is 61.8 Å². The van der Waals surface area contributed by atoms with Gasteiger partial charge in [-0.2, -0.15) is 0 Å². The molecule has 1 aliphatic rings. The number of halogens is 1. The van der Waals surface area contributed by atoms with Gasteiger partial charge in [-0.1, -0.05) is 37.2 Å². The third-order valence-corrected chi connectivity index (χ3v) is 7.02. The maximum Gasteiger partial charge on any atom is 0.330 e. The molecule has 2 aromatic rings. The first-order valence-corrected chi connectivity index (χ1v) is 14.6. The number of esters is 2. The van der Waals surface area contributed by atoms with E-state index >= 15 is 0 Å². The fraction of sp³-hybridized carbons (Fsp3) is 0.484. The number of rotatable bonds is 15. The molecule has 1 aromatic heterocycles. The van der Waals surface area contributed by atoms with Crippen LogP contribution >= 0.6 is 0 Å². The van der Waals surface area contributed by atoms with E-state index in [9.17, 15) is 28.4 Å². The Kier molecular flexibility index (Phi) is 12.6. The average molecular weight is 615 g/mol. The molecule has 238 valence electrons. The number of aryl methyl sites for hydroxylation is 1. The first kappa shape index (κ1) is 33.9. The molecule has 0 aliphatic carbocycles. The lowest BCUT2D eigenvalue weighted by atomic mass is 9.98. The minimum Gasteiger partial charge on any atom is -0.463 e. The van der Waals surface area contributed by atoms with Gasteiger partial charge in [-0.3, -0.25) is 14.4 Å². The van der Waals surface area contributed by atoms with Crippen molar-refractivity contribution in [3.8, 4) is 0 Å². The van der Waals surface area contributed by atoms with Gasteiger partial charge in [0.05, 0.1) is 6.61 Å². The summed E-state index contributed by atoms with van der Waals surface area (Å²) in [5.41, 5.74) is 0.498. The summed E-state index contributed by atoms with van der Waals surface area (Å²) < 4.78 is 29.2. The first-order valence-electron chi connectivity index (χ1n) is 14.6. The molecule has 44 heavy (non-hydrogen) atoms. The largest absolute Gasteiger partial charge is 0.463 e. The zero-order valence-electron chi connectivity index (χ0n) is 25.3. The molecule has 4 atom stereocenters. The number of carbonyl (C=O) groups excluding carboxylic acids is 5. The van der Waals surface area contributed by atoms with Crippen LogP contribution in [0.2, 0.25) is 0 Å². The highest BCUT2D eigenvalue weighted by Gasteiger charge is 2.33. The molecule has 0 bridgehead atoms. The van der Waals surface area contributed by atoms with E-state index in [1.807, 2.05) is 0 Å². The second kappa shape index (κ2) is 16.3. The molecular weight excluding hydrogens is 575 g/mol. The number of hydrogen-bond donors (Lipinski definition) is 3. The predicted molar refractivity (Wildman–Crippen MR) is 155 cm³/mol. The Morgan fingerprint density at radius 1 is 1.18 bits per heavy atom. The van der Waals surface area contributed by atoms with Crippen LogP contribution in [0.4, 0.5) is 4.39 Å². The minimum atomic E-state index is -1.38. The average Bonchev–Trinajstić information content (AvgIpc) is 3.61. The number of hydrogen-bond acceptors (Lipinski definition) is 9. The lowest BCUT2D eigenvalue weighted by molar-refractivity contribution is -0.158. The molecule has 12 nitrogen and oxygen atoms in total. The van der Waals surface area contributed by atoms with Crippen molar-refractivity contribution in [2.75, 3.05) is 13.2 Å². The molecule has 1 aliphatic heterocycles. The number of carbonyl (C=O) groups is 5. The molecule has 1 fully saturated rings. The van der Waals surface area contributed by atoms with Crippen molar-refractivity contribution >= 4 is 29.7 Å². The molecule has 3 rings (SSSR count). The fourth-order valence-electron chi connectivity index (χ4n) is 4.60. The van der Waals surface area contributed by atoms with Gasteiger partial charge in [-0.05, 0) is 56.7 Å². The summed E-state index contributed by atoms with van der Waals surface area (Å²) in [6.45, 7) is 7.42. The van der Waals surface area contributed by atoms with Crippen LogP contribution in [-0.4, -0.2) is 66.2 Å². The molecular formula is C31H39FN4O8. The summed E-state index contributed by atoms with van der Waals surface area (Å²) in [5, 5.41) is 11.8. The van der Waals surface area contributed by atoms with E-state index in [0.29, 0.717) is 37.1 Å². The predicted octanol–water partition coefficient (Wildman–Crippen LogP) is 2.55. The quantitative estimate of drug-likeness (QED) is 0.202. The van der Waals surface area contributed by atoms with E-state index in [0.717, 1.165) is 0 Å². The van der Waals surface area contributed by atoms with Crippen molar-refractivity contribution in [3.63, 3.8) is 0 Å². The van der Waals surface area contributed by atoms with E-state index in [1.165, 1.54) is 42.5 Å². The lowest BCUT2D eigenvalue weighted by Crippen LogP contribution is -2.49. The summed E-state index contributed by atoms with van der Waals surface area (Å²) in [5.74, 6) is -3.60. The summed E-state index contributed by atoms with van der Waals surface area (Å²) in [6.07, 6.45) is 2.60.